The number of nitrogens with zero attached hydrogens (tertiary/aromatic N) is 2. The van der Waals surface area contributed by atoms with Gasteiger partial charge in [0, 0.05) is 18.8 Å². The molecule has 0 aliphatic heterocycles. The van der Waals surface area contributed by atoms with Crippen LogP contribution >= 0.6 is 0 Å². The van der Waals surface area contributed by atoms with Gasteiger partial charge < -0.3 is 10.1 Å². The minimum atomic E-state index is -0.413. The number of rotatable bonds is 4. The minimum absolute atomic E-state index is 0.163. The van der Waals surface area contributed by atoms with Crippen LogP contribution in [0.1, 0.15) is 12.5 Å². The fraction of sp³-hybridized carbons (Fsp3) is 0.231. The topological polar surface area (TPSA) is 47.0 Å². The molecule has 0 saturated heterocycles. The maximum atomic E-state index is 13.5. The number of halogens is 1. The summed E-state index contributed by atoms with van der Waals surface area (Å²) in [5.41, 5.74) is 0.923. The second kappa shape index (κ2) is 5.44. The second-order valence-corrected chi connectivity index (χ2v) is 3.78. The number of anilines is 1. The predicted molar refractivity (Wildman–Crippen MR) is 67.4 cm³/mol. The highest BCUT2D eigenvalue weighted by Crippen LogP contribution is 2.24. The number of hydrogen-bond donors (Lipinski definition) is 1. The van der Waals surface area contributed by atoms with Crippen molar-refractivity contribution in [2.24, 2.45) is 0 Å². The van der Waals surface area contributed by atoms with E-state index in [1.54, 1.807) is 24.4 Å². The third kappa shape index (κ3) is 2.94. The number of aryl methyl sites for hydroxylation is 1. The molecule has 1 aromatic heterocycles. The highest BCUT2D eigenvalue weighted by Gasteiger charge is 2.06. The van der Waals surface area contributed by atoms with Crippen LogP contribution in [0, 0.1) is 12.7 Å². The molecule has 0 saturated carbocycles. The molecule has 5 heteroatoms. The molecule has 1 heterocycles. The maximum Gasteiger partial charge on any atom is 0.225 e. The maximum absolute atomic E-state index is 13.5. The monoisotopic (exact) mass is 247 g/mol. The molecule has 0 unspecified atom stereocenters. The molecule has 0 aliphatic carbocycles. The molecule has 0 atom stereocenters. The molecule has 1 N–H and O–H groups in total. The average molecular weight is 247 g/mol. The van der Waals surface area contributed by atoms with Crippen LogP contribution in [-0.4, -0.2) is 16.5 Å². The van der Waals surface area contributed by atoms with E-state index in [0.29, 0.717) is 18.4 Å². The summed E-state index contributed by atoms with van der Waals surface area (Å²) in [6, 6.07) is 6.27. The van der Waals surface area contributed by atoms with Crippen LogP contribution in [0.5, 0.6) is 11.6 Å². The van der Waals surface area contributed by atoms with Gasteiger partial charge in [-0.05, 0) is 31.5 Å². The van der Waals surface area contributed by atoms with E-state index in [-0.39, 0.29) is 5.75 Å². The molecule has 0 aliphatic rings. The van der Waals surface area contributed by atoms with E-state index >= 15 is 0 Å². The Hall–Kier alpha value is -2.17. The largest absolute Gasteiger partial charge is 0.436 e. The average Bonchev–Trinajstić information content (AvgIpc) is 2.35. The van der Waals surface area contributed by atoms with E-state index in [4.69, 9.17) is 4.74 Å². The quantitative estimate of drug-likeness (QED) is 0.901. The summed E-state index contributed by atoms with van der Waals surface area (Å²) in [6.07, 6.45) is 1.56. The highest BCUT2D eigenvalue weighted by molar-refractivity contribution is 5.34. The molecule has 0 bridgehead atoms. The van der Waals surface area contributed by atoms with Gasteiger partial charge in [0.05, 0.1) is 0 Å². The molecular formula is C13H14FN3O. The molecule has 0 spiro atoms. The lowest BCUT2D eigenvalue weighted by Crippen LogP contribution is -2.02. The zero-order valence-electron chi connectivity index (χ0n) is 10.3. The van der Waals surface area contributed by atoms with Crippen molar-refractivity contribution >= 4 is 5.95 Å². The van der Waals surface area contributed by atoms with Crippen LogP contribution in [0.15, 0.2) is 30.5 Å². The van der Waals surface area contributed by atoms with Gasteiger partial charge in [-0.25, -0.2) is 9.37 Å². The Labute approximate surface area is 105 Å². The van der Waals surface area contributed by atoms with Crippen molar-refractivity contribution in [1.82, 2.24) is 9.97 Å². The van der Waals surface area contributed by atoms with Crippen LogP contribution in [0.4, 0.5) is 10.3 Å². The fourth-order valence-electron chi connectivity index (χ4n) is 1.44. The van der Waals surface area contributed by atoms with Crippen molar-refractivity contribution in [3.63, 3.8) is 0 Å². The van der Waals surface area contributed by atoms with Gasteiger partial charge >= 0.3 is 0 Å². The van der Waals surface area contributed by atoms with E-state index in [0.717, 1.165) is 5.56 Å². The van der Waals surface area contributed by atoms with Crippen molar-refractivity contribution in [3.05, 3.63) is 41.8 Å². The summed E-state index contributed by atoms with van der Waals surface area (Å²) in [4.78, 5) is 8.13. The van der Waals surface area contributed by atoms with Crippen molar-refractivity contribution in [2.75, 3.05) is 11.9 Å². The Balaban J connectivity index is 2.22. The van der Waals surface area contributed by atoms with Crippen LogP contribution in [0.3, 0.4) is 0 Å². The third-order valence-electron chi connectivity index (χ3n) is 2.27. The summed E-state index contributed by atoms with van der Waals surface area (Å²) >= 11 is 0. The standard InChI is InChI=1S/C13H14FN3O/c1-3-15-13-16-7-6-12(17-13)18-11-8-9(2)4-5-10(11)14/h4-8H,3H2,1-2H3,(H,15,16,17). The summed E-state index contributed by atoms with van der Waals surface area (Å²) in [7, 11) is 0. The molecule has 2 rings (SSSR count). The van der Waals surface area contributed by atoms with E-state index in [9.17, 15) is 4.39 Å². The molecule has 18 heavy (non-hydrogen) atoms. The molecule has 0 fully saturated rings. The molecule has 0 amide bonds. The zero-order valence-corrected chi connectivity index (χ0v) is 10.3. The lowest BCUT2D eigenvalue weighted by molar-refractivity contribution is 0.426. The van der Waals surface area contributed by atoms with E-state index in [1.165, 1.54) is 6.07 Å². The van der Waals surface area contributed by atoms with Crippen molar-refractivity contribution in [1.29, 1.82) is 0 Å². The van der Waals surface area contributed by atoms with Gasteiger partial charge in [0.15, 0.2) is 11.6 Å². The number of nitrogens with one attached hydrogen (secondary N) is 1. The Morgan fingerprint density at radius 3 is 2.94 bits per heavy atom. The summed E-state index contributed by atoms with van der Waals surface area (Å²) in [5, 5.41) is 2.96. The summed E-state index contributed by atoms with van der Waals surface area (Å²) < 4.78 is 18.9. The molecule has 94 valence electrons. The first-order valence-corrected chi connectivity index (χ1v) is 5.70. The van der Waals surface area contributed by atoms with Crippen molar-refractivity contribution < 1.29 is 9.13 Å². The normalized spacial score (nSPS) is 10.2. The molecule has 1 aromatic carbocycles. The lowest BCUT2D eigenvalue weighted by atomic mass is 10.2. The van der Waals surface area contributed by atoms with Crippen molar-refractivity contribution in [2.45, 2.75) is 13.8 Å². The van der Waals surface area contributed by atoms with Gasteiger partial charge in [-0.3, -0.25) is 0 Å². The van der Waals surface area contributed by atoms with Crippen LogP contribution in [0.2, 0.25) is 0 Å². The van der Waals surface area contributed by atoms with Gasteiger partial charge in [-0.1, -0.05) is 6.07 Å². The third-order valence-corrected chi connectivity index (χ3v) is 2.27. The second-order valence-electron chi connectivity index (χ2n) is 3.78. The van der Waals surface area contributed by atoms with Crippen molar-refractivity contribution in [3.8, 4) is 11.6 Å². The van der Waals surface area contributed by atoms with E-state index in [1.807, 2.05) is 13.8 Å². The molecule has 2 aromatic rings. The number of aromatic nitrogens is 2. The number of benzene rings is 1. The predicted octanol–water partition coefficient (Wildman–Crippen LogP) is 3.15. The Morgan fingerprint density at radius 2 is 2.17 bits per heavy atom. The number of ether oxygens (including phenoxy) is 1. The SMILES string of the molecule is CCNc1nccc(Oc2cc(C)ccc2F)n1. The van der Waals surface area contributed by atoms with Gasteiger partial charge in [-0.2, -0.15) is 4.98 Å². The lowest BCUT2D eigenvalue weighted by Gasteiger charge is -2.07. The zero-order chi connectivity index (χ0) is 13.0. The highest BCUT2D eigenvalue weighted by atomic mass is 19.1. The smallest absolute Gasteiger partial charge is 0.225 e. The van der Waals surface area contributed by atoms with Crippen LogP contribution in [0.25, 0.3) is 0 Å². The van der Waals surface area contributed by atoms with E-state index in [2.05, 4.69) is 15.3 Å². The molecule has 0 radical (unpaired) electrons. The summed E-state index contributed by atoms with van der Waals surface area (Å²) in [6.45, 7) is 4.52. The molecular weight excluding hydrogens is 233 g/mol. The van der Waals surface area contributed by atoms with Crippen LogP contribution < -0.4 is 10.1 Å². The Bertz CT molecular complexity index is 546. The Kier molecular flexibility index (Phi) is 3.72. The first-order valence-electron chi connectivity index (χ1n) is 5.70. The minimum Gasteiger partial charge on any atom is -0.436 e. The summed E-state index contributed by atoms with van der Waals surface area (Å²) in [5.74, 6) is 0.522. The van der Waals surface area contributed by atoms with Gasteiger partial charge in [0.25, 0.3) is 0 Å². The first-order chi connectivity index (χ1) is 8.69. The molecule has 4 nitrogen and oxygen atoms in total. The fourth-order valence-corrected chi connectivity index (χ4v) is 1.44. The van der Waals surface area contributed by atoms with Gasteiger partial charge in [0.1, 0.15) is 0 Å². The number of hydrogen-bond acceptors (Lipinski definition) is 4. The van der Waals surface area contributed by atoms with Gasteiger partial charge in [0.2, 0.25) is 11.8 Å². The van der Waals surface area contributed by atoms with Gasteiger partial charge in [-0.15, -0.1) is 0 Å². The van der Waals surface area contributed by atoms with E-state index < -0.39 is 5.82 Å². The first kappa shape index (κ1) is 12.3. The van der Waals surface area contributed by atoms with Crippen LogP contribution in [-0.2, 0) is 0 Å². The Morgan fingerprint density at radius 1 is 1.33 bits per heavy atom.